The van der Waals surface area contributed by atoms with E-state index >= 15 is 0 Å². The molecular weight excluding hydrogens is 466 g/mol. The van der Waals surface area contributed by atoms with Gasteiger partial charge in [0.1, 0.15) is 12.4 Å². The third-order valence-corrected chi connectivity index (χ3v) is 5.67. The normalized spacial score (nSPS) is 10.7. The van der Waals surface area contributed by atoms with Gasteiger partial charge in [0.2, 0.25) is 0 Å². The molecule has 158 valence electrons. The Morgan fingerprint density at radius 3 is 2.33 bits per heavy atom. The number of rotatable bonds is 10. The molecule has 0 aliphatic rings. The Bertz CT molecular complexity index is 980. The highest BCUT2D eigenvalue weighted by Crippen LogP contribution is 2.37. The number of benzene rings is 3. The predicted octanol–water partition coefficient (Wildman–Crippen LogP) is 6.03. The number of ether oxygens (including phenoxy) is 3. The average molecular weight is 491 g/mol. The van der Waals surface area contributed by atoms with Gasteiger partial charge in [-0.3, -0.25) is 0 Å². The van der Waals surface area contributed by atoms with E-state index in [2.05, 4.69) is 27.3 Å². The van der Waals surface area contributed by atoms with Gasteiger partial charge in [-0.1, -0.05) is 48.0 Å². The fraction of sp³-hybridized carbons (Fsp3) is 0.250. The maximum atomic E-state index is 6.22. The number of methoxy groups -OCH3 is 2. The van der Waals surface area contributed by atoms with Crippen LogP contribution >= 0.6 is 27.5 Å². The summed E-state index contributed by atoms with van der Waals surface area (Å²) >= 11 is 9.84. The summed E-state index contributed by atoms with van der Waals surface area (Å²) in [6.45, 7) is 1.92. The number of hydrogen-bond acceptors (Lipinski definition) is 4. The SMILES string of the molecule is COc1ccccc1CCNCc1cc(Br)c(OCc2ccccc2Cl)c(OC)c1. The zero-order chi connectivity index (χ0) is 21.3. The first kappa shape index (κ1) is 22.5. The number of nitrogens with one attached hydrogen (secondary N) is 1. The van der Waals surface area contributed by atoms with Gasteiger partial charge < -0.3 is 19.5 Å². The standard InChI is InChI=1S/C24H25BrClNO3/c1-28-22-10-6-4-7-18(22)11-12-27-15-17-13-20(25)24(23(14-17)29-2)30-16-19-8-3-5-9-21(19)26/h3-10,13-14,27H,11-12,15-16H2,1-2H3. The van der Waals surface area contributed by atoms with Crippen molar-refractivity contribution in [3.63, 3.8) is 0 Å². The van der Waals surface area contributed by atoms with Crippen molar-refractivity contribution in [1.82, 2.24) is 5.32 Å². The molecule has 0 saturated heterocycles. The smallest absolute Gasteiger partial charge is 0.175 e. The van der Waals surface area contributed by atoms with Crippen molar-refractivity contribution in [2.75, 3.05) is 20.8 Å². The highest BCUT2D eigenvalue weighted by atomic mass is 79.9. The van der Waals surface area contributed by atoms with E-state index in [-0.39, 0.29) is 0 Å². The highest BCUT2D eigenvalue weighted by molar-refractivity contribution is 9.10. The minimum Gasteiger partial charge on any atom is -0.496 e. The minimum absolute atomic E-state index is 0.366. The topological polar surface area (TPSA) is 39.7 Å². The molecule has 0 amide bonds. The lowest BCUT2D eigenvalue weighted by Gasteiger charge is -2.15. The molecule has 6 heteroatoms. The lowest BCUT2D eigenvalue weighted by Crippen LogP contribution is -2.17. The molecule has 0 bridgehead atoms. The van der Waals surface area contributed by atoms with Crippen LogP contribution in [0.3, 0.4) is 0 Å². The lowest BCUT2D eigenvalue weighted by atomic mass is 10.1. The summed E-state index contributed by atoms with van der Waals surface area (Å²) < 4.78 is 17.8. The van der Waals surface area contributed by atoms with E-state index < -0.39 is 0 Å². The molecule has 0 fully saturated rings. The van der Waals surface area contributed by atoms with Gasteiger partial charge in [-0.25, -0.2) is 0 Å². The molecule has 0 atom stereocenters. The summed E-state index contributed by atoms with van der Waals surface area (Å²) in [5, 5.41) is 4.16. The summed E-state index contributed by atoms with van der Waals surface area (Å²) in [6, 6.07) is 19.8. The van der Waals surface area contributed by atoms with Crippen molar-refractivity contribution in [2.24, 2.45) is 0 Å². The van der Waals surface area contributed by atoms with E-state index in [9.17, 15) is 0 Å². The van der Waals surface area contributed by atoms with Crippen LogP contribution in [0.4, 0.5) is 0 Å². The fourth-order valence-corrected chi connectivity index (χ4v) is 3.94. The summed E-state index contributed by atoms with van der Waals surface area (Å²) in [7, 11) is 3.34. The summed E-state index contributed by atoms with van der Waals surface area (Å²) in [5.41, 5.74) is 3.22. The monoisotopic (exact) mass is 489 g/mol. The van der Waals surface area contributed by atoms with Crippen LogP contribution in [-0.2, 0) is 19.6 Å². The first-order valence-electron chi connectivity index (χ1n) is 9.67. The predicted molar refractivity (Wildman–Crippen MR) is 125 cm³/mol. The van der Waals surface area contributed by atoms with E-state index in [1.807, 2.05) is 54.6 Å². The van der Waals surface area contributed by atoms with Crippen LogP contribution < -0.4 is 19.5 Å². The average Bonchev–Trinajstić information content (AvgIpc) is 2.77. The van der Waals surface area contributed by atoms with Gasteiger partial charge in [-0.05, 0) is 64.3 Å². The zero-order valence-corrected chi connectivity index (χ0v) is 19.4. The van der Waals surface area contributed by atoms with Crippen molar-refractivity contribution in [3.8, 4) is 17.2 Å². The Morgan fingerprint density at radius 2 is 1.60 bits per heavy atom. The summed E-state index contributed by atoms with van der Waals surface area (Å²) in [4.78, 5) is 0. The Hall–Kier alpha value is -2.21. The molecule has 0 heterocycles. The molecule has 0 unspecified atom stereocenters. The Labute approximate surface area is 191 Å². The molecule has 0 aliphatic heterocycles. The summed E-state index contributed by atoms with van der Waals surface area (Å²) in [6.07, 6.45) is 0.890. The van der Waals surface area contributed by atoms with Gasteiger partial charge in [0.05, 0.1) is 18.7 Å². The van der Waals surface area contributed by atoms with Gasteiger partial charge in [-0.2, -0.15) is 0 Å². The first-order chi connectivity index (χ1) is 14.6. The van der Waals surface area contributed by atoms with Crippen LogP contribution in [0.1, 0.15) is 16.7 Å². The van der Waals surface area contributed by atoms with Crippen LogP contribution in [0.5, 0.6) is 17.2 Å². The van der Waals surface area contributed by atoms with E-state index in [1.54, 1.807) is 14.2 Å². The largest absolute Gasteiger partial charge is 0.496 e. The second-order valence-corrected chi connectivity index (χ2v) is 7.99. The quantitative estimate of drug-likeness (QED) is 0.352. The van der Waals surface area contributed by atoms with Crippen molar-refractivity contribution < 1.29 is 14.2 Å². The fourth-order valence-electron chi connectivity index (χ4n) is 3.15. The second-order valence-electron chi connectivity index (χ2n) is 6.73. The van der Waals surface area contributed by atoms with E-state index in [0.717, 1.165) is 40.9 Å². The third-order valence-electron chi connectivity index (χ3n) is 4.71. The van der Waals surface area contributed by atoms with E-state index in [1.165, 1.54) is 5.56 Å². The van der Waals surface area contributed by atoms with Gasteiger partial charge in [0, 0.05) is 17.1 Å². The van der Waals surface area contributed by atoms with Crippen LogP contribution in [0.25, 0.3) is 0 Å². The van der Waals surface area contributed by atoms with E-state index in [4.69, 9.17) is 25.8 Å². The zero-order valence-electron chi connectivity index (χ0n) is 17.1. The van der Waals surface area contributed by atoms with Crippen LogP contribution in [0, 0.1) is 0 Å². The molecule has 3 rings (SSSR count). The molecule has 30 heavy (non-hydrogen) atoms. The van der Waals surface area contributed by atoms with E-state index in [0.29, 0.717) is 23.1 Å². The molecule has 3 aromatic carbocycles. The second kappa shape index (κ2) is 11.3. The lowest BCUT2D eigenvalue weighted by molar-refractivity contribution is 0.282. The Morgan fingerprint density at radius 1 is 0.900 bits per heavy atom. The molecule has 3 aromatic rings. The number of halogens is 2. The maximum absolute atomic E-state index is 6.22. The first-order valence-corrected chi connectivity index (χ1v) is 10.8. The Balaban J connectivity index is 1.60. The van der Waals surface area contributed by atoms with Crippen LogP contribution in [0.15, 0.2) is 65.1 Å². The maximum Gasteiger partial charge on any atom is 0.175 e. The molecule has 0 radical (unpaired) electrons. The molecular formula is C24H25BrClNO3. The molecule has 0 saturated carbocycles. The third kappa shape index (κ3) is 5.91. The van der Waals surface area contributed by atoms with Crippen molar-refractivity contribution in [1.29, 1.82) is 0 Å². The molecule has 0 aliphatic carbocycles. The summed E-state index contributed by atoms with van der Waals surface area (Å²) in [5.74, 6) is 2.26. The van der Waals surface area contributed by atoms with Crippen molar-refractivity contribution in [2.45, 2.75) is 19.6 Å². The van der Waals surface area contributed by atoms with Gasteiger partial charge in [0.25, 0.3) is 0 Å². The van der Waals surface area contributed by atoms with Crippen LogP contribution in [0.2, 0.25) is 5.02 Å². The molecule has 0 spiro atoms. The molecule has 0 aromatic heterocycles. The number of para-hydroxylation sites is 1. The van der Waals surface area contributed by atoms with Crippen LogP contribution in [-0.4, -0.2) is 20.8 Å². The molecule has 4 nitrogen and oxygen atoms in total. The van der Waals surface area contributed by atoms with Crippen molar-refractivity contribution in [3.05, 3.63) is 86.8 Å². The van der Waals surface area contributed by atoms with Crippen molar-refractivity contribution >= 4 is 27.5 Å². The van der Waals surface area contributed by atoms with Gasteiger partial charge >= 0.3 is 0 Å². The minimum atomic E-state index is 0.366. The highest BCUT2D eigenvalue weighted by Gasteiger charge is 2.13. The molecule has 1 N–H and O–H groups in total. The van der Waals surface area contributed by atoms with Gasteiger partial charge in [0.15, 0.2) is 11.5 Å². The number of hydrogen-bond donors (Lipinski definition) is 1. The Kier molecular flexibility index (Phi) is 8.43. The van der Waals surface area contributed by atoms with Gasteiger partial charge in [-0.15, -0.1) is 0 Å².